The molecular weight excluding hydrogens is 274 g/mol. The van der Waals surface area contributed by atoms with Gasteiger partial charge in [0, 0.05) is 25.2 Å². The molecule has 0 atom stereocenters. The normalized spacial score (nSPS) is 23.0. The molecule has 124 valence electrons. The van der Waals surface area contributed by atoms with Gasteiger partial charge in [-0.25, -0.2) is 0 Å². The third-order valence-electron chi connectivity index (χ3n) is 5.28. The minimum atomic E-state index is 0.440. The Hall–Kier alpha value is -0.940. The Morgan fingerprint density at radius 3 is 2.64 bits per heavy atom. The third kappa shape index (κ3) is 3.87. The van der Waals surface area contributed by atoms with Gasteiger partial charge in [-0.05, 0) is 46.2 Å². The lowest BCUT2D eigenvalue weighted by molar-refractivity contribution is 0.158. The van der Waals surface area contributed by atoms with Crippen LogP contribution in [0.2, 0.25) is 0 Å². The van der Waals surface area contributed by atoms with E-state index < -0.39 is 0 Å². The lowest BCUT2D eigenvalue weighted by Crippen LogP contribution is -2.39. The van der Waals surface area contributed by atoms with Gasteiger partial charge in [-0.2, -0.15) is 0 Å². The molecule has 3 rings (SSSR count). The highest BCUT2D eigenvalue weighted by molar-refractivity contribution is 4.89. The zero-order valence-corrected chi connectivity index (χ0v) is 14.2. The van der Waals surface area contributed by atoms with Crippen LogP contribution in [0.5, 0.6) is 0 Å². The van der Waals surface area contributed by atoms with E-state index in [1.54, 1.807) is 0 Å². The quantitative estimate of drug-likeness (QED) is 0.857. The summed E-state index contributed by atoms with van der Waals surface area (Å²) in [6, 6.07) is 1.30. The van der Waals surface area contributed by atoms with Crippen LogP contribution >= 0.6 is 0 Å². The molecule has 5 nitrogen and oxygen atoms in total. The molecule has 5 heteroatoms. The van der Waals surface area contributed by atoms with Gasteiger partial charge in [0.05, 0.1) is 6.54 Å². The highest BCUT2D eigenvalue weighted by Crippen LogP contribution is 2.23. The fourth-order valence-electron chi connectivity index (χ4n) is 3.97. The highest BCUT2D eigenvalue weighted by Gasteiger charge is 2.24. The lowest BCUT2D eigenvalue weighted by atomic mass is 9.94. The molecule has 0 N–H and O–H groups in total. The molecule has 0 aromatic carbocycles. The lowest BCUT2D eigenvalue weighted by Gasteiger charge is -2.33. The van der Waals surface area contributed by atoms with Crippen molar-refractivity contribution in [3.63, 3.8) is 0 Å². The maximum atomic E-state index is 4.33. The number of nitrogens with zero attached hydrogens (tertiary/aromatic N) is 5. The molecule has 1 aromatic rings. The van der Waals surface area contributed by atoms with Crippen LogP contribution in [0.25, 0.3) is 0 Å². The molecule has 2 heterocycles. The van der Waals surface area contributed by atoms with E-state index in [9.17, 15) is 0 Å². The van der Waals surface area contributed by atoms with E-state index in [1.165, 1.54) is 64.7 Å². The van der Waals surface area contributed by atoms with Gasteiger partial charge >= 0.3 is 0 Å². The van der Waals surface area contributed by atoms with E-state index in [4.69, 9.17) is 0 Å². The molecule has 0 unspecified atom stereocenters. The maximum Gasteiger partial charge on any atom is 0.147 e. The Morgan fingerprint density at radius 2 is 1.86 bits per heavy atom. The van der Waals surface area contributed by atoms with Gasteiger partial charge in [0.1, 0.15) is 12.2 Å². The van der Waals surface area contributed by atoms with Crippen LogP contribution in [0, 0.1) is 0 Å². The van der Waals surface area contributed by atoms with Gasteiger partial charge in [0.25, 0.3) is 0 Å². The second kappa shape index (κ2) is 7.55. The molecule has 1 aliphatic carbocycles. The molecule has 1 saturated heterocycles. The third-order valence-corrected chi connectivity index (χ3v) is 5.28. The zero-order valence-electron chi connectivity index (χ0n) is 14.2. The fraction of sp³-hybridized carbons (Fsp3) is 0.882. The Kier molecular flexibility index (Phi) is 5.47. The van der Waals surface area contributed by atoms with Crippen molar-refractivity contribution in [2.45, 2.75) is 71.0 Å². The van der Waals surface area contributed by atoms with Crippen LogP contribution in [0.1, 0.15) is 64.2 Å². The van der Waals surface area contributed by atoms with Crippen molar-refractivity contribution >= 4 is 0 Å². The Balaban J connectivity index is 1.54. The van der Waals surface area contributed by atoms with Crippen LogP contribution in [-0.2, 0) is 6.54 Å². The molecular formula is C17H31N5. The summed E-state index contributed by atoms with van der Waals surface area (Å²) in [5.41, 5.74) is 0. The Labute approximate surface area is 134 Å². The maximum absolute atomic E-state index is 4.33. The Morgan fingerprint density at radius 1 is 1.05 bits per heavy atom. The van der Waals surface area contributed by atoms with Crippen LogP contribution in [-0.4, -0.2) is 56.8 Å². The van der Waals surface area contributed by atoms with Crippen LogP contribution in [0.15, 0.2) is 6.33 Å². The first kappa shape index (κ1) is 15.9. The summed E-state index contributed by atoms with van der Waals surface area (Å²) in [5.74, 6) is 1.11. The number of hydrogen-bond donors (Lipinski definition) is 0. The van der Waals surface area contributed by atoms with Crippen molar-refractivity contribution in [2.24, 2.45) is 0 Å². The van der Waals surface area contributed by atoms with E-state index in [2.05, 4.69) is 38.4 Å². The topological polar surface area (TPSA) is 37.2 Å². The van der Waals surface area contributed by atoms with Crippen molar-refractivity contribution in [2.75, 3.05) is 26.2 Å². The average Bonchev–Trinajstić information content (AvgIpc) is 2.87. The number of aromatic nitrogens is 3. The number of hydrogen-bond acceptors (Lipinski definition) is 4. The zero-order chi connectivity index (χ0) is 15.4. The summed E-state index contributed by atoms with van der Waals surface area (Å²) >= 11 is 0. The van der Waals surface area contributed by atoms with E-state index in [-0.39, 0.29) is 0 Å². The smallest absolute Gasteiger partial charge is 0.147 e. The molecule has 0 amide bonds. The first-order chi connectivity index (χ1) is 10.7. The van der Waals surface area contributed by atoms with Gasteiger partial charge in [0.15, 0.2) is 0 Å². The molecule has 0 spiro atoms. The second-order valence-electron chi connectivity index (χ2n) is 7.21. The molecule has 22 heavy (non-hydrogen) atoms. The van der Waals surface area contributed by atoms with Crippen molar-refractivity contribution in [3.8, 4) is 0 Å². The summed E-state index contributed by atoms with van der Waals surface area (Å²) in [6.07, 6.45) is 10.3. The summed E-state index contributed by atoms with van der Waals surface area (Å²) in [5, 5.41) is 8.43. The predicted molar refractivity (Wildman–Crippen MR) is 88.7 cm³/mol. The van der Waals surface area contributed by atoms with Crippen molar-refractivity contribution in [1.29, 1.82) is 0 Å². The molecule has 1 aromatic heterocycles. The Bertz CT molecular complexity index is 450. The minimum Gasteiger partial charge on any atom is -0.314 e. The standard InChI is InChI=1S/C17H31N5/c1-15(2)22-14-18-19-17(22)13-20-9-6-10-21(12-11-20)16-7-4-3-5-8-16/h14-16H,3-13H2,1-2H3. The summed E-state index contributed by atoms with van der Waals surface area (Å²) < 4.78 is 2.20. The molecule has 2 fully saturated rings. The molecule has 0 radical (unpaired) electrons. The molecule has 0 bridgehead atoms. The first-order valence-electron chi connectivity index (χ1n) is 9.09. The number of rotatable bonds is 4. The summed E-state index contributed by atoms with van der Waals surface area (Å²) in [4.78, 5) is 5.32. The minimum absolute atomic E-state index is 0.440. The van der Waals surface area contributed by atoms with Gasteiger partial charge < -0.3 is 4.57 Å². The second-order valence-corrected chi connectivity index (χ2v) is 7.21. The van der Waals surface area contributed by atoms with E-state index in [0.29, 0.717) is 6.04 Å². The van der Waals surface area contributed by atoms with Gasteiger partial charge in [-0.15, -0.1) is 10.2 Å². The van der Waals surface area contributed by atoms with Crippen molar-refractivity contribution in [3.05, 3.63) is 12.2 Å². The molecule has 1 aliphatic heterocycles. The van der Waals surface area contributed by atoms with Crippen LogP contribution in [0.4, 0.5) is 0 Å². The van der Waals surface area contributed by atoms with E-state index >= 15 is 0 Å². The van der Waals surface area contributed by atoms with Crippen molar-refractivity contribution in [1.82, 2.24) is 24.6 Å². The van der Waals surface area contributed by atoms with Gasteiger partial charge in [0.2, 0.25) is 0 Å². The van der Waals surface area contributed by atoms with Gasteiger partial charge in [-0.3, -0.25) is 9.80 Å². The summed E-state index contributed by atoms with van der Waals surface area (Å²) in [7, 11) is 0. The molecule has 1 saturated carbocycles. The average molecular weight is 305 g/mol. The predicted octanol–water partition coefficient (Wildman–Crippen LogP) is 2.70. The van der Waals surface area contributed by atoms with Crippen LogP contribution < -0.4 is 0 Å². The van der Waals surface area contributed by atoms with E-state index in [0.717, 1.165) is 18.4 Å². The fourth-order valence-corrected chi connectivity index (χ4v) is 3.97. The summed E-state index contributed by atoms with van der Waals surface area (Å²) in [6.45, 7) is 10.2. The van der Waals surface area contributed by atoms with Crippen molar-refractivity contribution < 1.29 is 0 Å². The highest BCUT2D eigenvalue weighted by atomic mass is 15.3. The molecule has 2 aliphatic rings. The van der Waals surface area contributed by atoms with E-state index in [1.807, 2.05) is 6.33 Å². The van der Waals surface area contributed by atoms with Crippen LogP contribution in [0.3, 0.4) is 0 Å². The largest absolute Gasteiger partial charge is 0.314 e. The first-order valence-corrected chi connectivity index (χ1v) is 9.09. The van der Waals surface area contributed by atoms with Gasteiger partial charge in [-0.1, -0.05) is 19.3 Å². The SMILES string of the molecule is CC(C)n1cnnc1CN1CCCN(C2CCCCC2)CC1. The monoisotopic (exact) mass is 305 g/mol.